The van der Waals surface area contributed by atoms with Gasteiger partial charge in [-0.1, -0.05) is 178 Å². The van der Waals surface area contributed by atoms with Gasteiger partial charge in [-0.2, -0.15) is 0 Å². The summed E-state index contributed by atoms with van der Waals surface area (Å²) in [6.45, 7) is 9.64. The van der Waals surface area contributed by atoms with Gasteiger partial charge in [0.05, 0.1) is 11.4 Å². The standard InChI is InChI=1S/C64H48N2O2/c1-43-40-56(65(48-24-12-6-13-25-48)50-36-32-46(33-37-50)44-20-8-4-9-21-44)62-53-29-17-18-30-58(53)67-60(62)41-54-55(64(43,2)3)42-57(63-61(54)52-28-16-19-31-59(52)68-63)66(49-26-14-7-15-27-49)51-38-34-47(35-39-51)45-22-10-5-11-23-45/h4-40,42H,1,41H2,2-3H3/b56-40+. The first kappa shape index (κ1) is 40.9. The molecule has 2 aromatic heterocycles. The lowest BCUT2D eigenvalue weighted by atomic mass is 9.74. The molecule has 1 aliphatic carbocycles. The molecule has 12 rings (SSSR count). The molecule has 0 atom stereocenters. The lowest BCUT2D eigenvalue weighted by Gasteiger charge is -2.33. The first-order valence-corrected chi connectivity index (χ1v) is 23.3. The van der Waals surface area contributed by atoms with Gasteiger partial charge in [0.15, 0.2) is 5.58 Å². The van der Waals surface area contributed by atoms with Gasteiger partial charge in [-0.05, 0) is 112 Å². The van der Waals surface area contributed by atoms with E-state index < -0.39 is 5.41 Å². The summed E-state index contributed by atoms with van der Waals surface area (Å²) in [7, 11) is 0. The number of furan rings is 2. The van der Waals surface area contributed by atoms with Crippen LogP contribution in [0.5, 0.6) is 0 Å². The van der Waals surface area contributed by atoms with Gasteiger partial charge >= 0.3 is 0 Å². The van der Waals surface area contributed by atoms with Crippen LogP contribution in [-0.4, -0.2) is 0 Å². The molecule has 0 spiro atoms. The summed E-state index contributed by atoms with van der Waals surface area (Å²) in [5, 5.41) is 3.18. The second kappa shape index (κ2) is 16.7. The van der Waals surface area contributed by atoms with Crippen LogP contribution in [0.4, 0.5) is 28.4 Å². The summed E-state index contributed by atoms with van der Waals surface area (Å²) in [5.74, 6) is 0.877. The quantitative estimate of drug-likeness (QED) is 0.152. The van der Waals surface area contributed by atoms with Crippen molar-refractivity contribution in [2.45, 2.75) is 25.7 Å². The van der Waals surface area contributed by atoms with E-state index in [2.05, 4.69) is 254 Å². The molecule has 2 heterocycles. The van der Waals surface area contributed by atoms with E-state index in [1.54, 1.807) is 0 Å². The van der Waals surface area contributed by atoms with Crippen LogP contribution in [0.2, 0.25) is 0 Å². The molecule has 0 radical (unpaired) electrons. The molecule has 9 aromatic carbocycles. The molecule has 11 aromatic rings. The summed E-state index contributed by atoms with van der Waals surface area (Å²) < 4.78 is 14.2. The third kappa shape index (κ3) is 7.01. The summed E-state index contributed by atoms with van der Waals surface area (Å²) in [4.78, 5) is 4.71. The fourth-order valence-electron chi connectivity index (χ4n) is 10.2. The van der Waals surface area contributed by atoms with E-state index in [0.717, 1.165) is 106 Å². The Labute approximate surface area is 397 Å². The largest absolute Gasteiger partial charge is 0.460 e. The Morgan fingerprint density at radius 2 is 0.897 bits per heavy atom. The van der Waals surface area contributed by atoms with E-state index in [1.807, 2.05) is 0 Å². The lowest BCUT2D eigenvalue weighted by molar-refractivity contribution is 0.558. The van der Waals surface area contributed by atoms with Crippen molar-refractivity contribution in [2.75, 3.05) is 9.80 Å². The van der Waals surface area contributed by atoms with Crippen molar-refractivity contribution in [1.82, 2.24) is 0 Å². The van der Waals surface area contributed by atoms with Crippen LogP contribution in [0.1, 0.15) is 36.3 Å². The van der Waals surface area contributed by atoms with Crippen molar-refractivity contribution in [3.63, 3.8) is 0 Å². The highest BCUT2D eigenvalue weighted by Crippen LogP contribution is 2.52. The second-order valence-electron chi connectivity index (χ2n) is 18.1. The molecule has 4 heteroatoms. The zero-order valence-electron chi connectivity index (χ0n) is 38.1. The average Bonchev–Trinajstić information content (AvgIpc) is 3.97. The minimum atomic E-state index is -0.583. The second-order valence-corrected chi connectivity index (χ2v) is 18.1. The molecule has 0 amide bonds. The number of rotatable bonds is 8. The number of nitrogens with zero attached hydrogens (tertiary/aromatic N) is 2. The van der Waals surface area contributed by atoms with Gasteiger partial charge in [-0.3, -0.25) is 0 Å². The van der Waals surface area contributed by atoms with Crippen molar-refractivity contribution >= 4 is 67.0 Å². The predicted molar refractivity (Wildman–Crippen MR) is 283 cm³/mol. The van der Waals surface area contributed by atoms with E-state index in [-0.39, 0.29) is 0 Å². The number of benzene rings is 9. The Balaban J connectivity index is 1.12. The normalized spacial score (nSPS) is 14.1. The van der Waals surface area contributed by atoms with E-state index in [4.69, 9.17) is 15.4 Å². The van der Waals surface area contributed by atoms with E-state index in [1.165, 1.54) is 11.1 Å². The Morgan fingerprint density at radius 3 is 1.47 bits per heavy atom. The Kier molecular flexibility index (Phi) is 10.0. The van der Waals surface area contributed by atoms with Crippen LogP contribution in [0.25, 0.3) is 60.9 Å². The molecule has 326 valence electrons. The molecular weight excluding hydrogens is 829 g/mol. The van der Waals surface area contributed by atoms with Crippen molar-refractivity contribution in [3.8, 4) is 22.3 Å². The summed E-state index contributed by atoms with van der Waals surface area (Å²) in [6.07, 6.45) is 2.82. The molecule has 68 heavy (non-hydrogen) atoms. The van der Waals surface area contributed by atoms with Gasteiger partial charge < -0.3 is 18.6 Å². The van der Waals surface area contributed by atoms with Crippen LogP contribution in [0, 0.1) is 0 Å². The molecule has 1 aliphatic rings. The number of allylic oxidation sites excluding steroid dienone is 2. The molecule has 0 fully saturated rings. The SMILES string of the molecule is C=C1/C=C(/N(c2ccccc2)c2ccc(-c3ccccc3)cc2)c2c(oc3ccccc23)Cc2c(cc(N(c3ccccc3)c3ccc(-c4ccccc4)cc3)c3oc4ccccc4c23)C1(C)C. The minimum absolute atomic E-state index is 0.514. The van der Waals surface area contributed by atoms with Crippen LogP contribution < -0.4 is 9.80 Å². The smallest absolute Gasteiger partial charge is 0.159 e. The van der Waals surface area contributed by atoms with Gasteiger partial charge in [-0.15, -0.1) is 0 Å². The van der Waals surface area contributed by atoms with Gasteiger partial charge in [0.2, 0.25) is 0 Å². The topological polar surface area (TPSA) is 32.8 Å². The van der Waals surface area contributed by atoms with Gasteiger partial charge in [0.25, 0.3) is 0 Å². The Morgan fingerprint density at radius 1 is 0.456 bits per heavy atom. The predicted octanol–water partition coefficient (Wildman–Crippen LogP) is 17.8. The van der Waals surface area contributed by atoms with Crippen molar-refractivity contribution < 1.29 is 8.83 Å². The molecule has 0 N–H and O–H groups in total. The zero-order chi connectivity index (χ0) is 45.8. The molecule has 0 aliphatic heterocycles. The molecule has 0 bridgehead atoms. The molecular formula is C64H48N2O2. The summed E-state index contributed by atoms with van der Waals surface area (Å²) in [5.41, 5.74) is 16.9. The monoisotopic (exact) mass is 876 g/mol. The first-order valence-electron chi connectivity index (χ1n) is 23.3. The van der Waals surface area contributed by atoms with Crippen LogP contribution in [-0.2, 0) is 11.8 Å². The molecule has 0 saturated heterocycles. The fourth-order valence-corrected chi connectivity index (χ4v) is 10.2. The van der Waals surface area contributed by atoms with Crippen molar-refractivity contribution in [3.05, 3.63) is 265 Å². The lowest BCUT2D eigenvalue weighted by Crippen LogP contribution is -2.23. The maximum Gasteiger partial charge on any atom is 0.159 e. The highest BCUT2D eigenvalue weighted by molar-refractivity contribution is 6.13. The van der Waals surface area contributed by atoms with E-state index in [9.17, 15) is 0 Å². The maximum atomic E-state index is 7.13. The zero-order valence-corrected chi connectivity index (χ0v) is 38.1. The third-order valence-electron chi connectivity index (χ3n) is 13.8. The number of fused-ring (bicyclic) bond motifs is 8. The van der Waals surface area contributed by atoms with E-state index >= 15 is 0 Å². The van der Waals surface area contributed by atoms with E-state index in [0.29, 0.717) is 6.42 Å². The van der Waals surface area contributed by atoms with Crippen LogP contribution >= 0.6 is 0 Å². The first-order chi connectivity index (χ1) is 33.4. The van der Waals surface area contributed by atoms with Gasteiger partial charge in [0, 0.05) is 56.3 Å². The number of hydrogen-bond acceptors (Lipinski definition) is 4. The summed E-state index contributed by atoms with van der Waals surface area (Å²) >= 11 is 0. The minimum Gasteiger partial charge on any atom is -0.460 e. The van der Waals surface area contributed by atoms with Crippen molar-refractivity contribution in [1.29, 1.82) is 0 Å². The highest BCUT2D eigenvalue weighted by atomic mass is 16.3. The van der Waals surface area contributed by atoms with Gasteiger partial charge in [0.1, 0.15) is 16.9 Å². The Hall–Kier alpha value is -8.60. The number of hydrogen-bond donors (Lipinski definition) is 0. The molecule has 4 nitrogen and oxygen atoms in total. The van der Waals surface area contributed by atoms with Gasteiger partial charge in [-0.25, -0.2) is 0 Å². The van der Waals surface area contributed by atoms with Crippen LogP contribution in [0.15, 0.2) is 252 Å². The Bertz CT molecular complexity index is 3660. The fraction of sp³-hybridized carbons (Fsp3) is 0.0625. The molecule has 0 saturated carbocycles. The summed E-state index contributed by atoms with van der Waals surface area (Å²) in [6, 6.07) is 79.3. The number of para-hydroxylation sites is 4. The highest BCUT2D eigenvalue weighted by Gasteiger charge is 2.36. The van der Waals surface area contributed by atoms with Crippen LogP contribution in [0.3, 0.4) is 0 Å². The maximum absolute atomic E-state index is 7.13. The number of anilines is 5. The van der Waals surface area contributed by atoms with Crippen molar-refractivity contribution in [2.24, 2.45) is 0 Å². The average molecular weight is 877 g/mol. The molecule has 0 unspecified atom stereocenters. The third-order valence-corrected chi connectivity index (χ3v) is 13.8.